The lowest BCUT2D eigenvalue weighted by Crippen LogP contribution is -2.13. The maximum Gasteiger partial charge on any atom is 0.0594 e. The van der Waals surface area contributed by atoms with E-state index in [-0.39, 0.29) is 0 Å². The molecule has 0 saturated heterocycles. The normalized spacial score (nSPS) is 14.4. The van der Waals surface area contributed by atoms with Gasteiger partial charge in [-0.3, -0.25) is 0 Å². The van der Waals surface area contributed by atoms with Gasteiger partial charge in [-0.2, -0.15) is 0 Å². The van der Waals surface area contributed by atoms with Gasteiger partial charge in [0.1, 0.15) is 0 Å². The van der Waals surface area contributed by atoms with Gasteiger partial charge in [0.2, 0.25) is 0 Å². The van der Waals surface area contributed by atoms with Gasteiger partial charge < -0.3 is 0 Å². The van der Waals surface area contributed by atoms with Crippen molar-refractivity contribution in [2.75, 3.05) is 24.6 Å². The molecule has 0 bridgehead atoms. The molecule has 0 atom stereocenters. The first kappa shape index (κ1) is 22.0. The van der Waals surface area contributed by atoms with E-state index in [0.717, 1.165) is 0 Å². The zero-order valence-corrected chi connectivity index (χ0v) is 17.9. The second kappa shape index (κ2) is 14.1. The van der Waals surface area contributed by atoms with Gasteiger partial charge in [0.05, 0.1) is 24.6 Å². The third-order valence-corrected chi connectivity index (χ3v) is 10.7. The standard InChI is InChI=1S/C23H44P/c1-4-7-19-24(20-8-5-2,21-9-6-3)22-15-11-10-12-16-23-17-13-14-18-23/h13-14,17H,4-12,15-16,18-22H2,1-3H3/q+1. The summed E-state index contributed by atoms with van der Waals surface area (Å²) in [5.74, 6) is 0. The number of rotatable bonds is 16. The molecular formula is C23H44P+. The summed E-state index contributed by atoms with van der Waals surface area (Å²) in [6.45, 7) is 7.13. The lowest BCUT2D eigenvalue weighted by atomic mass is 10.1. The number of allylic oxidation sites excluding steroid dienone is 4. The Morgan fingerprint density at radius 3 is 1.75 bits per heavy atom. The van der Waals surface area contributed by atoms with Gasteiger partial charge in [-0.15, -0.1) is 0 Å². The molecule has 0 amide bonds. The van der Waals surface area contributed by atoms with Crippen LogP contribution in [0.3, 0.4) is 0 Å². The molecule has 24 heavy (non-hydrogen) atoms. The van der Waals surface area contributed by atoms with E-state index in [1.807, 2.05) is 0 Å². The van der Waals surface area contributed by atoms with Gasteiger partial charge >= 0.3 is 0 Å². The quantitative estimate of drug-likeness (QED) is 0.194. The van der Waals surface area contributed by atoms with Crippen molar-refractivity contribution in [3.8, 4) is 0 Å². The molecule has 0 unspecified atom stereocenters. The first-order chi connectivity index (χ1) is 11.8. The maximum atomic E-state index is 2.38. The van der Waals surface area contributed by atoms with Gasteiger partial charge in [0, 0.05) is 7.26 Å². The Morgan fingerprint density at radius 2 is 1.25 bits per heavy atom. The minimum atomic E-state index is -0.636. The second-order valence-corrected chi connectivity index (χ2v) is 12.4. The Kier molecular flexibility index (Phi) is 12.9. The molecule has 0 spiro atoms. The fourth-order valence-electron chi connectivity index (χ4n) is 3.98. The fraction of sp³-hybridized carbons (Fsp3) is 0.826. The van der Waals surface area contributed by atoms with Gasteiger partial charge in [-0.25, -0.2) is 0 Å². The summed E-state index contributed by atoms with van der Waals surface area (Å²) in [4.78, 5) is 0. The van der Waals surface area contributed by atoms with Crippen LogP contribution >= 0.6 is 7.26 Å². The van der Waals surface area contributed by atoms with Gasteiger partial charge in [0.25, 0.3) is 0 Å². The highest BCUT2D eigenvalue weighted by atomic mass is 31.2. The number of hydrogen-bond donors (Lipinski definition) is 0. The van der Waals surface area contributed by atoms with Gasteiger partial charge in [0.15, 0.2) is 0 Å². The van der Waals surface area contributed by atoms with Crippen molar-refractivity contribution in [3.63, 3.8) is 0 Å². The molecule has 0 nitrogen and oxygen atoms in total. The topological polar surface area (TPSA) is 0 Å². The van der Waals surface area contributed by atoms with Gasteiger partial charge in [-0.05, 0) is 51.4 Å². The minimum Gasteiger partial charge on any atom is -0.0805 e. The average Bonchev–Trinajstić information content (AvgIpc) is 3.12. The Labute approximate surface area is 153 Å². The third kappa shape index (κ3) is 9.41. The van der Waals surface area contributed by atoms with Crippen molar-refractivity contribution in [1.82, 2.24) is 0 Å². The summed E-state index contributed by atoms with van der Waals surface area (Å²) in [6, 6.07) is 0. The summed E-state index contributed by atoms with van der Waals surface area (Å²) in [7, 11) is -0.636. The molecule has 0 aromatic carbocycles. The monoisotopic (exact) mass is 351 g/mol. The lowest BCUT2D eigenvalue weighted by molar-refractivity contribution is 0.661. The molecule has 1 aliphatic rings. The zero-order valence-electron chi connectivity index (χ0n) is 17.0. The van der Waals surface area contributed by atoms with E-state index in [1.54, 1.807) is 30.2 Å². The summed E-state index contributed by atoms with van der Waals surface area (Å²) < 4.78 is 0. The highest BCUT2D eigenvalue weighted by molar-refractivity contribution is 7.75. The van der Waals surface area contributed by atoms with Crippen molar-refractivity contribution in [2.24, 2.45) is 0 Å². The van der Waals surface area contributed by atoms with E-state index >= 15 is 0 Å². The first-order valence-corrected chi connectivity index (χ1v) is 13.5. The SMILES string of the molecule is CCCC[P+](CCCC)(CCCC)CCCCCCC1=CC=CC1. The Bertz CT molecular complexity index is 331. The van der Waals surface area contributed by atoms with Crippen molar-refractivity contribution in [1.29, 1.82) is 0 Å². The van der Waals surface area contributed by atoms with Crippen molar-refractivity contribution < 1.29 is 0 Å². The molecule has 0 heterocycles. The summed E-state index contributed by atoms with van der Waals surface area (Å²) >= 11 is 0. The molecule has 0 saturated carbocycles. The Hall–Kier alpha value is -0.0900. The molecule has 0 aromatic rings. The largest absolute Gasteiger partial charge is 0.0805 e. The Balaban J connectivity index is 2.31. The van der Waals surface area contributed by atoms with E-state index in [9.17, 15) is 0 Å². The van der Waals surface area contributed by atoms with Gasteiger partial charge in [-0.1, -0.05) is 70.3 Å². The van der Waals surface area contributed by atoms with Crippen LogP contribution in [0.5, 0.6) is 0 Å². The van der Waals surface area contributed by atoms with Crippen molar-refractivity contribution in [3.05, 3.63) is 23.8 Å². The second-order valence-electron chi connectivity index (χ2n) is 7.92. The van der Waals surface area contributed by atoms with Crippen LogP contribution in [-0.4, -0.2) is 24.6 Å². The predicted molar refractivity (Wildman–Crippen MR) is 116 cm³/mol. The Morgan fingerprint density at radius 1 is 0.708 bits per heavy atom. The number of unbranched alkanes of at least 4 members (excludes halogenated alkanes) is 6. The smallest absolute Gasteiger partial charge is 0.0594 e. The molecule has 0 radical (unpaired) electrons. The molecular weight excluding hydrogens is 307 g/mol. The van der Waals surface area contributed by atoms with Crippen LogP contribution in [0.25, 0.3) is 0 Å². The summed E-state index contributed by atoms with van der Waals surface area (Å²) in [5.41, 5.74) is 1.66. The van der Waals surface area contributed by atoms with Crippen LogP contribution in [0.15, 0.2) is 23.8 Å². The number of hydrogen-bond acceptors (Lipinski definition) is 0. The van der Waals surface area contributed by atoms with Crippen LogP contribution < -0.4 is 0 Å². The van der Waals surface area contributed by atoms with Crippen LogP contribution in [0.1, 0.15) is 97.8 Å². The molecule has 0 aliphatic heterocycles. The highest BCUT2D eigenvalue weighted by Gasteiger charge is 2.34. The summed E-state index contributed by atoms with van der Waals surface area (Å²) in [6.07, 6.45) is 30.3. The van der Waals surface area contributed by atoms with E-state index < -0.39 is 7.26 Å². The van der Waals surface area contributed by atoms with Crippen LogP contribution in [-0.2, 0) is 0 Å². The zero-order chi connectivity index (χ0) is 17.5. The summed E-state index contributed by atoms with van der Waals surface area (Å²) in [5, 5.41) is 0. The first-order valence-electron chi connectivity index (χ1n) is 11.0. The fourth-order valence-corrected chi connectivity index (χ4v) is 9.18. The minimum absolute atomic E-state index is 0.636. The van der Waals surface area contributed by atoms with Crippen molar-refractivity contribution in [2.45, 2.75) is 97.8 Å². The van der Waals surface area contributed by atoms with Crippen LogP contribution in [0.4, 0.5) is 0 Å². The van der Waals surface area contributed by atoms with E-state index in [4.69, 9.17) is 0 Å². The third-order valence-electron chi connectivity index (χ3n) is 5.69. The molecule has 0 fully saturated rings. The van der Waals surface area contributed by atoms with Crippen LogP contribution in [0.2, 0.25) is 0 Å². The molecule has 1 rings (SSSR count). The average molecular weight is 352 g/mol. The highest BCUT2D eigenvalue weighted by Crippen LogP contribution is 2.61. The maximum absolute atomic E-state index is 2.38. The van der Waals surface area contributed by atoms with E-state index in [0.29, 0.717) is 0 Å². The van der Waals surface area contributed by atoms with E-state index in [1.165, 1.54) is 77.0 Å². The van der Waals surface area contributed by atoms with E-state index in [2.05, 4.69) is 39.0 Å². The molecule has 1 heteroatoms. The lowest BCUT2D eigenvalue weighted by Gasteiger charge is -2.28. The molecule has 140 valence electrons. The predicted octanol–water partition coefficient (Wildman–Crippen LogP) is 8.24. The molecule has 0 aromatic heterocycles. The van der Waals surface area contributed by atoms with Crippen molar-refractivity contribution >= 4 is 7.26 Å². The molecule has 0 N–H and O–H groups in total. The molecule has 1 aliphatic carbocycles. The van der Waals surface area contributed by atoms with Crippen LogP contribution in [0, 0.1) is 0 Å².